The van der Waals surface area contributed by atoms with Crippen molar-refractivity contribution in [2.45, 2.75) is 27.3 Å². The van der Waals surface area contributed by atoms with Gasteiger partial charge in [0.1, 0.15) is 5.82 Å². The second kappa shape index (κ2) is 6.21. The Balaban J connectivity index is 1.94. The van der Waals surface area contributed by atoms with Crippen LogP contribution in [0.5, 0.6) is 0 Å². The van der Waals surface area contributed by atoms with Crippen molar-refractivity contribution in [3.8, 4) is 11.4 Å². The van der Waals surface area contributed by atoms with Crippen LogP contribution >= 0.6 is 0 Å². The van der Waals surface area contributed by atoms with E-state index in [2.05, 4.69) is 92.1 Å². The van der Waals surface area contributed by atoms with E-state index in [4.69, 9.17) is 4.98 Å². The van der Waals surface area contributed by atoms with Crippen LogP contribution in [0.1, 0.15) is 22.3 Å². The molecule has 0 aliphatic heterocycles. The molecule has 4 aromatic rings. The zero-order chi connectivity index (χ0) is 17.4. The monoisotopic (exact) mass is 326 g/mol. The van der Waals surface area contributed by atoms with E-state index < -0.39 is 0 Å². The van der Waals surface area contributed by atoms with E-state index in [1.807, 2.05) is 0 Å². The first-order valence-corrected chi connectivity index (χ1v) is 8.71. The molecule has 4 rings (SSSR count). The number of imidazole rings is 1. The molecule has 0 radical (unpaired) electrons. The van der Waals surface area contributed by atoms with Crippen molar-refractivity contribution in [1.29, 1.82) is 0 Å². The summed E-state index contributed by atoms with van der Waals surface area (Å²) in [4.78, 5) is 4.96. The zero-order valence-corrected chi connectivity index (χ0v) is 15.0. The van der Waals surface area contributed by atoms with Gasteiger partial charge in [-0.1, -0.05) is 60.2 Å². The fourth-order valence-corrected chi connectivity index (χ4v) is 3.46. The molecule has 0 saturated heterocycles. The minimum absolute atomic E-state index is 0.829. The lowest BCUT2D eigenvalue weighted by atomic mass is 10.0. The van der Waals surface area contributed by atoms with Crippen LogP contribution < -0.4 is 0 Å². The van der Waals surface area contributed by atoms with E-state index >= 15 is 0 Å². The Labute approximate surface area is 148 Å². The average molecular weight is 326 g/mol. The van der Waals surface area contributed by atoms with Crippen LogP contribution in [-0.4, -0.2) is 9.55 Å². The summed E-state index contributed by atoms with van der Waals surface area (Å²) in [7, 11) is 0. The Kier molecular flexibility index (Phi) is 3.89. The van der Waals surface area contributed by atoms with Gasteiger partial charge in [-0.2, -0.15) is 0 Å². The molecule has 1 aromatic heterocycles. The van der Waals surface area contributed by atoms with E-state index in [1.165, 1.54) is 33.3 Å². The van der Waals surface area contributed by atoms with Crippen molar-refractivity contribution in [2.75, 3.05) is 0 Å². The molecular weight excluding hydrogens is 304 g/mol. The quantitative estimate of drug-likeness (QED) is 0.474. The first-order chi connectivity index (χ1) is 12.1. The summed E-state index contributed by atoms with van der Waals surface area (Å²) < 4.78 is 2.34. The summed E-state index contributed by atoms with van der Waals surface area (Å²) in [6, 6.07) is 23.6. The summed E-state index contributed by atoms with van der Waals surface area (Å²) >= 11 is 0. The third-order valence-corrected chi connectivity index (χ3v) is 4.87. The van der Waals surface area contributed by atoms with E-state index in [1.54, 1.807) is 0 Å². The third kappa shape index (κ3) is 2.85. The fraction of sp³-hybridized carbons (Fsp3) is 0.174. The van der Waals surface area contributed by atoms with Gasteiger partial charge >= 0.3 is 0 Å². The van der Waals surface area contributed by atoms with Gasteiger partial charge in [0.2, 0.25) is 0 Å². The van der Waals surface area contributed by atoms with Crippen molar-refractivity contribution in [3.63, 3.8) is 0 Å². The summed E-state index contributed by atoms with van der Waals surface area (Å²) in [6.07, 6.45) is 0. The Morgan fingerprint density at radius 1 is 0.800 bits per heavy atom. The SMILES string of the molecule is Cc1ccc(-c2nc3ccccc3n2Cc2ccccc2C)c(C)c1. The molecular formula is C23H22N2. The number of benzene rings is 3. The molecule has 0 unspecified atom stereocenters. The topological polar surface area (TPSA) is 17.8 Å². The Hall–Kier alpha value is -2.87. The summed E-state index contributed by atoms with van der Waals surface area (Å²) in [6.45, 7) is 7.30. The molecule has 3 aromatic carbocycles. The maximum absolute atomic E-state index is 4.96. The number of nitrogens with zero attached hydrogens (tertiary/aromatic N) is 2. The number of hydrogen-bond donors (Lipinski definition) is 0. The van der Waals surface area contributed by atoms with Gasteiger partial charge in [0.05, 0.1) is 11.0 Å². The number of aryl methyl sites for hydroxylation is 3. The van der Waals surface area contributed by atoms with Crippen molar-refractivity contribution in [1.82, 2.24) is 9.55 Å². The first kappa shape index (κ1) is 15.6. The summed E-state index contributed by atoms with van der Waals surface area (Å²) in [5.41, 5.74) is 8.62. The number of aromatic nitrogens is 2. The number of fused-ring (bicyclic) bond motifs is 1. The fourth-order valence-electron chi connectivity index (χ4n) is 3.46. The van der Waals surface area contributed by atoms with Crippen LogP contribution in [0, 0.1) is 20.8 Å². The van der Waals surface area contributed by atoms with E-state index in [0.717, 1.165) is 17.9 Å². The molecule has 0 bridgehead atoms. The molecule has 2 nitrogen and oxygen atoms in total. The molecule has 1 heterocycles. The number of rotatable bonds is 3. The molecule has 0 atom stereocenters. The Morgan fingerprint density at radius 2 is 1.56 bits per heavy atom. The lowest BCUT2D eigenvalue weighted by Gasteiger charge is -2.13. The largest absolute Gasteiger partial charge is 0.319 e. The van der Waals surface area contributed by atoms with Crippen LogP contribution in [0.15, 0.2) is 66.7 Å². The predicted molar refractivity (Wildman–Crippen MR) is 105 cm³/mol. The second-order valence-electron chi connectivity index (χ2n) is 6.76. The van der Waals surface area contributed by atoms with Gasteiger partial charge in [-0.15, -0.1) is 0 Å². The summed E-state index contributed by atoms with van der Waals surface area (Å²) in [5, 5.41) is 0. The van der Waals surface area contributed by atoms with E-state index in [-0.39, 0.29) is 0 Å². The number of hydrogen-bond acceptors (Lipinski definition) is 1. The van der Waals surface area contributed by atoms with Gasteiger partial charge in [-0.05, 0) is 49.6 Å². The second-order valence-corrected chi connectivity index (χ2v) is 6.76. The maximum Gasteiger partial charge on any atom is 0.141 e. The van der Waals surface area contributed by atoms with E-state index in [0.29, 0.717) is 0 Å². The van der Waals surface area contributed by atoms with Gasteiger partial charge in [-0.25, -0.2) is 4.98 Å². The maximum atomic E-state index is 4.96. The van der Waals surface area contributed by atoms with Gasteiger partial charge in [0, 0.05) is 12.1 Å². The highest BCUT2D eigenvalue weighted by Crippen LogP contribution is 2.29. The van der Waals surface area contributed by atoms with Crippen LogP contribution in [0.2, 0.25) is 0 Å². The van der Waals surface area contributed by atoms with Gasteiger partial charge in [0.15, 0.2) is 0 Å². The highest BCUT2D eigenvalue weighted by Gasteiger charge is 2.15. The molecule has 2 heteroatoms. The highest BCUT2D eigenvalue weighted by atomic mass is 15.1. The Morgan fingerprint density at radius 3 is 2.36 bits per heavy atom. The molecule has 0 fully saturated rings. The molecule has 0 saturated carbocycles. The molecule has 0 aliphatic rings. The van der Waals surface area contributed by atoms with Gasteiger partial charge < -0.3 is 4.57 Å². The molecule has 124 valence electrons. The molecule has 0 spiro atoms. The van der Waals surface area contributed by atoms with Crippen LogP contribution in [-0.2, 0) is 6.54 Å². The van der Waals surface area contributed by atoms with Crippen molar-refractivity contribution in [3.05, 3.63) is 89.0 Å². The Bertz CT molecular complexity index is 1060. The minimum atomic E-state index is 0.829. The number of para-hydroxylation sites is 2. The lowest BCUT2D eigenvalue weighted by Crippen LogP contribution is -2.04. The van der Waals surface area contributed by atoms with Gasteiger partial charge in [-0.3, -0.25) is 0 Å². The van der Waals surface area contributed by atoms with Crippen LogP contribution in [0.4, 0.5) is 0 Å². The molecule has 0 N–H and O–H groups in total. The predicted octanol–water partition coefficient (Wildman–Crippen LogP) is 5.68. The van der Waals surface area contributed by atoms with Crippen molar-refractivity contribution < 1.29 is 0 Å². The third-order valence-electron chi connectivity index (χ3n) is 4.87. The molecule has 0 aliphatic carbocycles. The minimum Gasteiger partial charge on any atom is -0.319 e. The first-order valence-electron chi connectivity index (χ1n) is 8.71. The van der Waals surface area contributed by atoms with E-state index in [9.17, 15) is 0 Å². The highest BCUT2D eigenvalue weighted by molar-refractivity contribution is 5.81. The van der Waals surface area contributed by atoms with Gasteiger partial charge in [0.25, 0.3) is 0 Å². The smallest absolute Gasteiger partial charge is 0.141 e. The molecule has 25 heavy (non-hydrogen) atoms. The standard InChI is InChI=1S/C23H22N2/c1-16-12-13-20(18(3)14-16)23-24-21-10-6-7-11-22(21)25(23)15-19-9-5-4-8-17(19)2/h4-14H,15H2,1-3H3. The average Bonchev–Trinajstić information content (AvgIpc) is 2.95. The van der Waals surface area contributed by atoms with Crippen LogP contribution in [0.3, 0.4) is 0 Å². The van der Waals surface area contributed by atoms with Crippen molar-refractivity contribution >= 4 is 11.0 Å². The normalized spacial score (nSPS) is 11.2. The zero-order valence-electron chi connectivity index (χ0n) is 15.0. The lowest BCUT2D eigenvalue weighted by molar-refractivity contribution is 0.827. The van der Waals surface area contributed by atoms with Crippen LogP contribution in [0.25, 0.3) is 22.4 Å². The molecule has 0 amide bonds. The summed E-state index contributed by atoms with van der Waals surface area (Å²) in [5.74, 6) is 1.04. The van der Waals surface area contributed by atoms with Crippen molar-refractivity contribution in [2.24, 2.45) is 0 Å².